The Morgan fingerprint density at radius 2 is 2.03 bits per heavy atom. The number of ether oxygens (including phenoxy) is 1. The van der Waals surface area contributed by atoms with E-state index >= 15 is 0 Å². The van der Waals surface area contributed by atoms with Gasteiger partial charge in [-0.2, -0.15) is 0 Å². The number of aliphatic hydroxyl groups excluding tert-OH is 1. The van der Waals surface area contributed by atoms with Gasteiger partial charge in [0.1, 0.15) is 0 Å². The number of rotatable bonds is 10. The van der Waals surface area contributed by atoms with E-state index in [4.69, 9.17) is 21.3 Å². The lowest BCUT2D eigenvalue weighted by Gasteiger charge is -2.19. The highest BCUT2D eigenvalue weighted by Crippen LogP contribution is 2.44. The number of aromatic nitrogens is 3. The minimum absolute atomic E-state index is 0.00652. The van der Waals surface area contributed by atoms with Crippen LogP contribution in [0.1, 0.15) is 44.0 Å². The number of anilines is 2. The van der Waals surface area contributed by atoms with Gasteiger partial charge in [0, 0.05) is 37.4 Å². The van der Waals surface area contributed by atoms with E-state index in [0.29, 0.717) is 54.8 Å². The zero-order chi connectivity index (χ0) is 25.7. The highest BCUT2D eigenvalue weighted by atomic mass is 35.5. The maximum atomic E-state index is 12.4. The Morgan fingerprint density at radius 3 is 2.75 bits per heavy atom. The summed E-state index contributed by atoms with van der Waals surface area (Å²) in [5.74, 6) is 0.663. The zero-order valence-corrected chi connectivity index (χ0v) is 22.6. The van der Waals surface area contributed by atoms with Crippen molar-refractivity contribution in [2.75, 3.05) is 35.6 Å². The molecule has 1 aliphatic rings. The lowest BCUT2D eigenvalue weighted by atomic mass is 10.0. The molecule has 36 heavy (non-hydrogen) atoms. The Kier molecular flexibility index (Phi) is 8.78. The Labute approximate surface area is 220 Å². The van der Waals surface area contributed by atoms with Crippen LogP contribution in [0.5, 0.6) is 0 Å². The third kappa shape index (κ3) is 6.51. The number of thiazole rings is 1. The van der Waals surface area contributed by atoms with Crippen molar-refractivity contribution >= 4 is 44.6 Å². The third-order valence-electron chi connectivity index (χ3n) is 5.65. The summed E-state index contributed by atoms with van der Waals surface area (Å²) >= 11 is 8.32. The molecule has 0 bridgehead atoms. The highest BCUT2D eigenvalue weighted by molar-refractivity contribution is 7.92. The molecular weight excluding hydrogens is 522 g/mol. The lowest BCUT2D eigenvalue weighted by molar-refractivity contribution is 0.0853. The van der Waals surface area contributed by atoms with Crippen molar-refractivity contribution in [2.45, 2.75) is 45.1 Å². The van der Waals surface area contributed by atoms with E-state index in [0.717, 1.165) is 22.7 Å². The van der Waals surface area contributed by atoms with E-state index in [2.05, 4.69) is 20.0 Å². The van der Waals surface area contributed by atoms with E-state index < -0.39 is 16.1 Å². The molecule has 1 aliphatic heterocycles. The van der Waals surface area contributed by atoms with Gasteiger partial charge in [0.25, 0.3) is 0 Å². The predicted molar refractivity (Wildman–Crippen MR) is 144 cm³/mol. The van der Waals surface area contributed by atoms with Crippen molar-refractivity contribution in [1.82, 2.24) is 15.0 Å². The molecule has 1 aromatic carbocycles. The Morgan fingerprint density at radius 1 is 1.25 bits per heavy atom. The summed E-state index contributed by atoms with van der Waals surface area (Å²) < 4.78 is 33.0. The molecule has 1 unspecified atom stereocenters. The molecule has 1 atom stereocenters. The predicted octanol–water partition coefficient (Wildman–Crippen LogP) is 4.76. The van der Waals surface area contributed by atoms with E-state index in [9.17, 15) is 13.5 Å². The topological polar surface area (TPSA) is 126 Å². The van der Waals surface area contributed by atoms with Crippen molar-refractivity contribution in [1.29, 1.82) is 0 Å². The number of benzene rings is 1. The van der Waals surface area contributed by atoms with Gasteiger partial charge in [-0.25, -0.2) is 23.4 Å². The first-order chi connectivity index (χ1) is 17.3. The van der Waals surface area contributed by atoms with Crippen LogP contribution in [0.3, 0.4) is 0 Å². The third-order valence-corrected chi connectivity index (χ3v) is 8.77. The second-order valence-corrected chi connectivity index (χ2v) is 12.0. The van der Waals surface area contributed by atoms with Gasteiger partial charge in [-0.15, -0.1) is 11.3 Å². The molecule has 3 heterocycles. The summed E-state index contributed by atoms with van der Waals surface area (Å²) in [5, 5.41) is 13.9. The Balaban J connectivity index is 1.78. The molecule has 1 fully saturated rings. The fourth-order valence-corrected chi connectivity index (χ4v) is 6.58. The molecule has 2 aromatic heterocycles. The van der Waals surface area contributed by atoms with Gasteiger partial charge in [0.2, 0.25) is 16.0 Å². The number of hydrogen-bond donors (Lipinski definition) is 3. The monoisotopic (exact) mass is 551 g/mol. The van der Waals surface area contributed by atoms with Crippen molar-refractivity contribution in [3.05, 3.63) is 40.5 Å². The van der Waals surface area contributed by atoms with Crippen molar-refractivity contribution in [3.8, 4) is 21.8 Å². The van der Waals surface area contributed by atoms with Crippen LogP contribution >= 0.6 is 22.9 Å². The van der Waals surface area contributed by atoms with Crippen LogP contribution in [0.2, 0.25) is 5.02 Å². The average Bonchev–Trinajstić information content (AvgIpc) is 3.30. The van der Waals surface area contributed by atoms with Gasteiger partial charge >= 0.3 is 0 Å². The quantitative estimate of drug-likeness (QED) is 0.329. The number of halogens is 1. The lowest BCUT2D eigenvalue weighted by Crippen LogP contribution is -2.16. The molecule has 9 nitrogen and oxygen atoms in total. The van der Waals surface area contributed by atoms with E-state index in [1.165, 1.54) is 0 Å². The standard InChI is InChI=1S/C24H30ClN5O4S2/c1-3-13-36(32,33)30-18-6-4-5-17(20(18)25)21-22(35-23(29-21)16-8-11-34-12-9-16)19-7-10-26-24(28-19)27-14-15(2)31/h4-7,10,15-16,30-31H,3,8-9,11-14H2,1-2H3,(H,26,27,28). The van der Waals surface area contributed by atoms with E-state index in [-0.39, 0.29) is 16.7 Å². The van der Waals surface area contributed by atoms with E-state index in [1.54, 1.807) is 42.7 Å². The first-order valence-electron chi connectivity index (χ1n) is 11.9. The summed E-state index contributed by atoms with van der Waals surface area (Å²) in [4.78, 5) is 14.7. The maximum Gasteiger partial charge on any atom is 0.232 e. The highest BCUT2D eigenvalue weighted by Gasteiger charge is 2.26. The normalized spacial score (nSPS) is 15.6. The molecule has 194 valence electrons. The van der Waals surface area contributed by atoms with Crippen LogP contribution in [0.4, 0.5) is 11.6 Å². The minimum atomic E-state index is -3.51. The molecular formula is C24H30ClN5O4S2. The first kappa shape index (κ1) is 26.7. The Bertz CT molecular complexity index is 1290. The van der Waals surface area contributed by atoms with Crippen LogP contribution in [0.25, 0.3) is 21.8 Å². The van der Waals surface area contributed by atoms with Crippen molar-refractivity contribution in [3.63, 3.8) is 0 Å². The molecule has 3 N–H and O–H groups in total. The SMILES string of the molecule is CCCS(=O)(=O)Nc1cccc(-c2nc(C3CCOCC3)sc2-c2ccnc(NCC(C)O)n2)c1Cl. The van der Waals surface area contributed by atoms with Crippen LogP contribution in [0.15, 0.2) is 30.5 Å². The summed E-state index contributed by atoms with van der Waals surface area (Å²) in [7, 11) is -3.51. The molecule has 0 spiro atoms. The number of nitrogens with zero attached hydrogens (tertiary/aromatic N) is 3. The second-order valence-electron chi connectivity index (χ2n) is 8.70. The summed E-state index contributed by atoms with van der Waals surface area (Å²) in [6, 6.07) is 7.05. The van der Waals surface area contributed by atoms with Crippen molar-refractivity contribution < 1.29 is 18.3 Å². The van der Waals surface area contributed by atoms with Crippen LogP contribution in [0, 0.1) is 0 Å². The zero-order valence-electron chi connectivity index (χ0n) is 20.2. The van der Waals surface area contributed by atoms with Gasteiger partial charge in [0.05, 0.1) is 43.8 Å². The summed E-state index contributed by atoms with van der Waals surface area (Å²) in [6.45, 7) is 5.18. The van der Waals surface area contributed by atoms with Crippen molar-refractivity contribution in [2.24, 2.45) is 0 Å². The number of hydrogen-bond acceptors (Lipinski definition) is 9. The van der Waals surface area contributed by atoms with Crippen LogP contribution in [-0.4, -0.2) is 60.1 Å². The molecule has 0 amide bonds. The second kappa shape index (κ2) is 11.8. The molecule has 0 saturated carbocycles. The van der Waals surface area contributed by atoms with Crippen LogP contribution in [-0.2, 0) is 14.8 Å². The van der Waals surface area contributed by atoms with Gasteiger partial charge in [-0.3, -0.25) is 4.72 Å². The van der Waals surface area contributed by atoms with E-state index in [1.807, 2.05) is 13.0 Å². The van der Waals surface area contributed by atoms with Gasteiger partial charge in [0.15, 0.2) is 0 Å². The average molecular weight is 552 g/mol. The minimum Gasteiger partial charge on any atom is -0.392 e. The summed E-state index contributed by atoms with van der Waals surface area (Å²) in [6.07, 6.45) is 3.36. The van der Waals surface area contributed by atoms with Gasteiger partial charge in [-0.05, 0) is 38.3 Å². The fraction of sp³-hybridized carbons (Fsp3) is 0.458. The molecule has 12 heteroatoms. The molecule has 1 saturated heterocycles. The van der Waals surface area contributed by atoms with Gasteiger partial charge in [-0.1, -0.05) is 30.7 Å². The van der Waals surface area contributed by atoms with Crippen LogP contribution < -0.4 is 10.0 Å². The van der Waals surface area contributed by atoms with Gasteiger partial charge < -0.3 is 15.2 Å². The number of aliphatic hydroxyl groups is 1. The number of sulfonamides is 1. The first-order valence-corrected chi connectivity index (χ1v) is 14.7. The molecule has 4 rings (SSSR count). The summed E-state index contributed by atoms with van der Waals surface area (Å²) in [5.41, 5.74) is 2.24. The molecule has 3 aromatic rings. The largest absolute Gasteiger partial charge is 0.392 e. The molecule has 0 aliphatic carbocycles. The maximum absolute atomic E-state index is 12.4. The Hall–Kier alpha value is -2.31. The fourth-order valence-electron chi connectivity index (χ4n) is 3.90. The number of nitrogens with one attached hydrogen (secondary N) is 2. The smallest absolute Gasteiger partial charge is 0.232 e. The molecule has 0 radical (unpaired) electrons.